The number of allylic oxidation sites excluding steroid dienone is 1. The normalized spacial score (nSPS) is 12.7. The number of esters is 1. The molecule has 0 N–H and O–H groups in total. The summed E-state index contributed by atoms with van der Waals surface area (Å²) in [5.41, 5.74) is 0. The lowest BCUT2D eigenvalue weighted by molar-refractivity contribution is -0.134. The van der Waals surface area contributed by atoms with Crippen LogP contribution in [0.3, 0.4) is 0 Å². The Hall–Kier alpha value is -0.790. The summed E-state index contributed by atoms with van der Waals surface area (Å²) < 4.78 is 4.55. The van der Waals surface area contributed by atoms with E-state index in [-0.39, 0.29) is 5.97 Å². The Kier molecular flexibility index (Phi) is 16.0. The highest BCUT2D eigenvalue weighted by Crippen LogP contribution is 2.18. The van der Waals surface area contributed by atoms with Gasteiger partial charge in [-0.15, -0.1) is 0 Å². The maximum absolute atomic E-state index is 10.9. The third-order valence-corrected chi connectivity index (χ3v) is 4.32. The maximum atomic E-state index is 10.9. The van der Waals surface area contributed by atoms with E-state index in [1.807, 2.05) is 6.08 Å². The predicted octanol–water partition coefficient (Wildman–Crippen LogP) is 6.44. The van der Waals surface area contributed by atoms with E-state index in [2.05, 4.69) is 18.6 Å². The van der Waals surface area contributed by atoms with E-state index in [9.17, 15) is 4.79 Å². The number of hydrogen-bond donors (Lipinski definition) is 0. The average molecular weight is 311 g/mol. The zero-order valence-electron chi connectivity index (χ0n) is 15.2. The van der Waals surface area contributed by atoms with E-state index in [1.165, 1.54) is 90.2 Å². The fraction of sp³-hybridized carbons (Fsp3) is 0.850. The van der Waals surface area contributed by atoms with Gasteiger partial charge in [-0.25, -0.2) is 4.79 Å². The van der Waals surface area contributed by atoms with Gasteiger partial charge in [-0.3, -0.25) is 0 Å². The Bertz CT molecular complexity index is 271. The molecule has 0 aromatic rings. The van der Waals surface area contributed by atoms with E-state index in [4.69, 9.17) is 0 Å². The number of hydrogen-bond acceptors (Lipinski definition) is 2. The Morgan fingerprint density at radius 3 is 2.05 bits per heavy atom. The van der Waals surface area contributed by atoms with E-state index >= 15 is 0 Å². The third-order valence-electron chi connectivity index (χ3n) is 4.32. The number of carbonyl (C=O) groups is 1. The largest absolute Gasteiger partial charge is 0.466 e. The lowest BCUT2D eigenvalue weighted by Gasteiger charge is -2.10. The first kappa shape index (κ1) is 21.2. The van der Waals surface area contributed by atoms with Crippen LogP contribution in [0.1, 0.15) is 97.3 Å². The summed E-state index contributed by atoms with van der Waals surface area (Å²) in [6.45, 7) is 4.69. The minimum Gasteiger partial charge on any atom is -0.466 e. The molecule has 0 aromatic heterocycles. The third kappa shape index (κ3) is 15.6. The van der Waals surface area contributed by atoms with Gasteiger partial charge in [-0.2, -0.15) is 0 Å². The molecule has 1 atom stereocenters. The van der Waals surface area contributed by atoms with Crippen LogP contribution in [0.2, 0.25) is 0 Å². The number of rotatable bonds is 15. The van der Waals surface area contributed by atoms with Crippen LogP contribution in [0.4, 0.5) is 0 Å². The van der Waals surface area contributed by atoms with Crippen LogP contribution in [-0.4, -0.2) is 13.1 Å². The molecule has 0 aliphatic carbocycles. The van der Waals surface area contributed by atoms with Crippen molar-refractivity contribution in [2.75, 3.05) is 7.11 Å². The van der Waals surface area contributed by atoms with Gasteiger partial charge in [-0.05, 0) is 18.8 Å². The Labute approximate surface area is 138 Å². The first-order chi connectivity index (χ1) is 10.7. The van der Waals surface area contributed by atoms with Gasteiger partial charge >= 0.3 is 5.97 Å². The molecule has 0 saturated carbocycles. The minimum absolute atomic E-state index is 0.247. The van der Waals surface area contributed by atoms with Crippen LogP contribution >= 0.6 is 0 Å². The molecule has 0 saturated heterocycles. The van der Waals surface area contributed by atoms with Gasteiger partial charge in [0.15, 0.2) is 0 Å². The molecule has 0 radical (unpaired) electrons. The van der Waals surface area contributed by atoms with Crippen LogP contribution in [-0.2, 0) is 9.53 Å². The van der Waals surface area contributed by atoms with Crippen molar-refractivity contribution in [3.05, 3.63) is 12.2 Å². The predicted molar refractivity (Wildman–Crippen MR) is 96.0 cm³/mol. The fourth-order valence-electron chi connectivity index (χ4n) is 2.77. The number of carbonyl (C=O) groups excluding carboxylic acids is 1. The molecule has 0 fully saturated rings. The molecule has 2 nitrogen and oxygen atoms in total. The fourth-order valence-corrected chi connectivity index (χ4v) is 2.77. The molecule has 2 heteroatoms. The van der Waals surface area contributed by atoms with Crippen molar-refractivity contribution in [1.82, 2.24) is 0 Å². The highest BCUT2D eigenvalue weighted by atomic mass is 16.5. The average Bonchev–Trinajstić information content (AvgIpc) is 2.52. The summed E-state index contributed by atoms with van der Waals surface area (Å²) >= 11 is 0. The molecule has 0 bridgehead atoms. The first-order valence-electron chi connectivity index (χ1n) is 9.45. The van der Waals surface area contributed by atoms with Crippen molar-refractivity contribution >= 4 is 5.97 Å². The molecular formula is C20H38O2. The van der Waals surface area contributed by atoms with Gasteiger partial charge in [0.25, 0.3) is 0 Å². The summed E-state index contributed by atoms with van der Waals surface area (Å²) in [5, 5.41) is 0. The monoisotopic (exact) mass is 310 g/mol. The molecule has 0 spiro atoms. The van der Waals surface area contributed by atoms with Gasteiger partial charge in [0.05, 0.1) is 7.11 Å². The molecule has 0 rings (SSSR count). The maximum Gasteiger partial charge on any atom is 0.330 e. The number of methoxy groups -OCH3 is 1. The topological polar surface area (TPSA) is 26.3 Å². The van der Waals surface area contributed by atoms with Crippen molar-refractivity contribution < 1.29 is 9.53 Å². The van der Waals surface area contributed by atoms with Gasteiger partial charge in [0.1, 0.15) is 0 Å². The summed E-state index contributed by atoms with van der Waals surface area (Å²) in [6, 6.07) is 0. The Morgan fingerprint density at radius 1 is 0.909 bits per heavy atom. The highest BCUT2D eigenvalue weighted by Gasteiger charge is 2.01. The van der Waals surface area contributed by atoms with Crippen molar-refractivity contribution in [3.8, 4) is 0 Å². The second-order valence-corrected chi connectivity index (χ2v) is 6.58. The van der Waals surface area contributed by atoms with Crippen molar-refractivity contribution in [1.29, 1.82) is 0 Å². The molecule has 0 aromatic carbocycles. The molecular weight excluding hydrogens is 272 g/mol. The van der Waals surface area contributed by atoms with Crippen molar-refractivity contribution in [2.45, 2.75) is 97.3 Å². The van der Waals surface area contributed by atoms with Crippen LogP contribution in [0, 0.1) is 5.92 Å². The first-order valence-corrected chi connectivity index (χ1v) is 9.45. The molecule has 0 aliphatic rings. The minimum atomic E-state index is -0.247. The second-order valence-electron chi connectivity index (χ2n) is 6.58. The van der Waals surface area contributed by atoms with Gasteiger partial charge < -0.3 is 4.74 Å². The van der Waals surface area contributed by atoms with Gasteiger partial charge in [0.2, 0.25) is 0 Å². The zero-order valence-corrected chi connectivity index (χ0v) is 15.2. The lowest BCUT2D eigenvalue weighted by atomic mass is 9.96. The Morgan fingerprint density at radius 2 is 1.45 bits per heavy atom. The molecule has 0 aliphatic heterocycles. The van der Waals surface area contributed by atoms with Crippen LogP contribution < -0.4 is 0 Å². The molecule has 22 heavy (non-hydrogen) atoms. The van der Waals surface area contributed by atoms with E-state index in [0.717, 1.165) is 12.3 Å². The van der Waals surface area contributed by atoms with Gasteiger partial charge in [0, 0.05) is 6.08 Å². The van der Waals surface area contributed by atoms with Crippen molar-refractivity contribution in [2.24, 2.45) is 5.92 Å². The summed E-state index contributed by atoms with van der Waals surface area (Å²) in [7, 11) is 1.42. The SMILES string of the molecule is CCCCCCCC(C)CCCCCCC/C=C/C(=O)OC. The summed E-state index contributed by atoms with van der Waals surface area (Å²) in [4.78, 5) is 10.9. The van der Waals surface area contributed by atoms with Crippen LogP contribution in [0.5, 0.6) is 0 Å². The van der Waals surface area contributed by atoms with Crippen LogP contribution in [0.25, 0.3) is 0 Å². The molecule has 130 valence electrons. The van der Waals surface area contributed by atoms with Gasteiger partial charge in [-0.1, -0.05) is 90.6 Å². The lowest BCUT2D eigenvalue weighted by Crippen LogP contribution is -1.95. The molecule has 0 heterocycles. The molecule has 1 unspecified atom stereocenters. The van der Waals surface area contributed by atoms with Crippen molar-refractivity contribution in [3.63, 3.8) is 0 Å². The van der Waals surface area contributed by atoms with Crippen LogP contribution in [0.15, 0.2) is 12.2 Å². The smallest absolute Gasteiger partial charge is 0.330 e. The second kappa shape index (κ2) is 16.6. The number of ether oxygens (including phenoxy) is 1. The molecule has 0 amide bonds. The Balaban J connectivity index is 3.24. The summed E-state index contributed by atoms with van der Waals surface area (Å²) in [6.07, 6.45) is 20.8. The summed E-state index contributed by atoms with van der Waals surface area (Å²) in [5.74, 6) is 0.660. The van der Waals surface area contributed by atoms with E-state index in [0.29, 0.717) is 0 Å². The zero-order chi connectivity index (χ0) is 16.5. The standard InChI is InChI=1S/C20H38O2/c1-4-5-6-10-13-16-19(2)17-14-11-8-7-9-12-15-18-20(21)22-3/h15,18-19H,4-14,16-17H2,1-3H3/b18-15+. The van der Waals surface area contributed by atoms with E-state index < -0.39 is 0 Å². The highest BCUT2D eigenvalue weighted by molar-refractivity contribution is 5.81. The quantitative estimate of drug-likeness (QED) is 0.197. The van der Waals surface area contributed by atoms with E-state index in [1.54, 1.807) is 0 Å². The number of unbranched alkanes of at least 4 members (excludes halogenated alkanes) is 9.